The number of carbonyl (C=O) groups is 2. The predicted molar refractivity (Wildman–Crippen MR) is 76.2 cm³/mol. The zero-order valence-electron chi connectivity index (χ0n) is 11.6. The first-order valence-electron chi connectivity index (χ1n) is 6.09. The number of carboxylic acid groups (broad SMARTS) is 1. The van der Waals surface area contributed by atoms with Gasteiger partial charge in [0.15, 0.2) is 0 Å². The van der Waals surface area contributed by atoms with Crippen molar-refractivity contribution in [2.45, 2.75) is 32.2 Å². The number of aliphatic carboxylic acids is 1. The lowest BCUT2D eigenvalue weighted by molar-refractivity contribution is -0.140. The fourth-order valence-corrected chi connectivity index (χ4v) is 1.49. The first kappa shape index (κ1) is 18.7. The summed E-state index contributed by atoms with van der Waals surface area (Å²) in [6, 6.07) is -0.759. The maximum Gasteiger partial charge on any atom is 0.368 e. The number of amidine groups is 1. The maximum absolute atomic E-state index is 11.0. The number of rotatable bonds is 9. The van der Waals surface area contributed by atoms with E-state index in [0.717, 1.165) is 11.8 Å². The number of hydrogen-bond donors (Lipinski definition) is 4. The highest BCUT2D eigenvalue weighted by Gasteiger charge is 2.16. The molecule has 0 amide bonds. The van der Waals surface area contributed by atoms with Gasteiger partial charge in [0, 0.05) is 6.54 Å². The largest absolute Gasteiger partial charge is 0.480 e. The molecular formula is C11H21N3O5S. The Bertz CT molecular complexity index is 338. The molecule has 20 heavy (non-hydrogen) atoms. The van der Waals surface area contributed by atoms with Crippen LogP contribution in [-0.4, -0.2) is 53.0 Å². The van der Waals surface area contributed by atoms with Crippen molar-refractivity contribution in [3.63, 3.8) is 0 Å². The van der Waals surface area contributed by atoms with E-state index >= 15 is 0 Å². The van der Waals surface area contributed by atoms with Gasteiger partial charge in [0.2, 0.25) is 0 Å². The lowest BCUT2D eigenvalue weighted by Crippen LogP contribution is -2.38. The van der Waals surface area contributed by atoms with E-state index in [1.807, 2.05) is 5.48 Å². The lowest BCUT2D eigenvalue weighted by atomic mass is 10.1. The molecule has 9 heteroatoms. The molecule has 0 aromatic carbocycles. The topological polar surface area (TPSA) is 120 Å². The fourth-order valence-electron chi connectivity index (χ4n) is 1.32. The second-order valence-electron chi connectivity index (χ2n) is 3.91. The van der Waals surface area contributed by atoms with Gasteiger partial charge in [0.05, 0.1) is 0 Å². The molecule has 0 heterocycles. The van der Waals surface area contributed by atoms with Gasteiger partial charge in [-0.25, -0.2) is 4.79 Å². The summed E-state index contributed by atoms with van der Waals surface area (Å²) in [5.74, 6) is -0.566. The van der Waals surface area contributed by atoms with Crippen LogP contribution in [0.2, 0.25) is 0 Å². The van der Waals surface area contributed by atoms with Crippen molar-refractivity contribution in [1.82, 2.24) is 10.8 Å². The van der Waals surface area contributed by atoms with Gasteiger partial charge in [-0.1, -0.05) is 0 Å². The maximum atomic E-state index is 11.0. The Kier molecular flexibility index (Phi) is 10.7. The number of aliphatic imine (C=N–C) groups is 1. The van der Waals surface area contributed by atoms with Gasteiger partial charge in [0.1, 0.15) is 18.6 Å². The van der Waals surface area contributed by atoms with E-state index in [1.165, 1.54) is 0 Å². The Morgan fingerprint density at radius 2 is 2.10 bits per heavy atom. The Hall–Kier alpha value is -1.32. The number of ether oxygens (including phenoxy) is 1. The molecule has 0 radical (unpaired) electrons. The summed E-state index contributed by atoms with van der Waals surface area (Å²) >= 11 is 0.924. The third-order valence-corrected chi connectivity index (χ3v) is 2.85. The molecule has 1 atom stereocenters. The van der Waals surface area contributed by atoms with Crippen LogP contribution in [0.15, 0.2) is 4.99 Å². The molecule has 0 bridgehead atoms. The number of unbranched alkanes of at least 4 members (excludes halogenated alkanes) is 1. The van der Waals surface area contributed by atoms with Crippen molar-refractivity contribution in [2.24, 2.45) is 4.99 Å². The molecule has 0 aliphatic heterocycles. The Morgan fingerprint density at radius 3 is 2.65 bits per heavy atom. The van der Waals surface area contributed by atoms with E-state index in [9.17, 15) is 9.59 Å². The molecule has 0 saturated carbocycles. The van der Waals surface area contributed by atoms with Crippen molar-refractivity contribution < 1.29 is 24.6 Å². The Balaban J connectivity index is 3.86. The first-order valence-corrected chi connectivity index (χ1v) is 7.31. The summed E-state index contributed by atoms with van der Waals surface area (Å²) in [6.07, 6.45) is 3.35. The van der Waals surface area contributed by atoms with Crippen LogP contribution in [0.3, 0.4) is 0 Å². The third-order valence-electron chi connectivity index (χ3n) is 2.40. The van der Waals surface area contributed by atoms with Gasteiger partial charge >= 0.3 is 11.3 Å². The van der Waals surface area contributed by atoms with Gasteiger partial charge in [-0.05, 0) is 44.2 Å². The van der Waals surface area contributed by atoms with Crippen LogP contribution in [-0.2, 0) is 9.53 Å². The Labute approximate surface area is 121 Å². The van der Waals surface area contributed by atoms with E-state index in [2.05, 4.69) is 10.3 Å². The van der Waals surface area contributed by atoms with Crippen LogP contribution >= 0.6 is 11.8 Å². The van der Waals surface area contributed by atoms with E-state index < -0.39 is 17.3 Å². The minimum absolute atomic E-state index is 0.123. The summed E-state index contributed by atoms with van der Waals surface area (Å²) in [4.78, 5) is 25.8. The molecule has 0 rings (SSSR count). The number of nitrogens with one attached hydrogen (secondary N) is 2. The molecule has 116 valence electrons. The molecule has 0 spiro atoms. The monoisotopic (exact) mass is 307 g/mol. The smallest absolute Gasteiger partial charge is 0.368 e. The Morgan fingerprint density at radius 1 is 1.40 bits per heavy atom. The number of carboxylic acids is 1. The van der Waals surface area contributed by atoms with Gasteiger partial charge in [-0.3, -0.25) is 25.8 Å². The van der Waals surface area contributed by atoms with Crippen LogP contribution in [0.4, 0.5) is 4.79 Å². The number of thioether (sulfide) groups is 1. The van der Waals surface area contributed by atoms with Crippen LogP contribution in [0, 0.1) is 0 Å². The second kappa shape index (κ2) is 11.5. The average Bonchev–Trinajstić information content (AvgIpc) is 2.43. The molecule has 0 aromatic heterocycles. The zero-order valence-corrected chi connectivity index (χ0v) is 12.4. The highest BCUT2D eigenvalue weighted by Crippen LogP contribution is 2.03. The zero-order chi connectivity index (χ0) is 15.4. The number of hydrogen-bond acceptors (Lipinski definition) is 7. The summed E-state index contributed by atoms with van der Waals surface area (Å²) in [5, 5.41) is 19.7. The quantitative estimate of drug-likeness (QED) is 0.125. The van der Waals surface area contributed by atoms with Crippen molar-refractivity contribution in [2.75, 3.05) is 19.5 Å². The van der Waals surface area contributed by atoms with Gasteiger partial charge in [-0.2, -0.15) is 0 Å². The minimum atomic E-state index is -0.984. The van der Waals surface area contributed by atoms with Crippen LogP contribution in [0.1, 0.15) is 26.2 Å². The predicted octanol–water partition coefficient (Wildman–Crippen LogP) is 1.05. The summed E-state index contributed by atoms with van der Waals surface area (Å²) < 4.78 is 4.74. The first-order chi connectivity index (χ1) is 9.51. The number of carbonyl (C=O) groups excluding carboxylic acids is 1. The highest BCUT2D eigenvalue weighted by molar-refractivity contribution is 8.12. The molecule has 0 unspecified atom stereocenters. The molecule has 4 N–H and O–H groups in total. The molecule has 0 fully saturated rings. The van der Waals surface area contributed by atoms with Crippen molar-refractivity contribution >= 4 is 28.9 Å². The normalized spacial score (nSPS) is 12.8. The van der Waals surface area contributed by atoms with Crippen molar-refractivity contribution in [3.8, 4) is 0 Å². The molecule has 0 aromatic rings. The average molecular weight is 307 g/mol. The number of nitrogens with zero attached hydrogens (tertiary/aromatic N) is 1. The molecular weight excluding hydrogens is 286 g/mol. The minimum Gasteiger partial charge on any atom is -0.480 e. The van der Waals surface area contributed by atoms with Crippen LogP contribution < -0.4 is 10.8 Å². The third kappa shape index (κ3) is 9.59. The summed E-state index contributed by atoms with van der Waals surface area (Å²) in [5.41, 5.74) is 1.92. The van der Waals surface area contributed by atoms with Crippen molar-refractivity contribution in [1.29, 1.82) is 0 Å². The van der Waals surface area contributed by atoms with Gasteiger partial charge in [-0.15, -0.1) is 0 Å². The van der Waals surface area contributed by atoms with E-state index in [-0.39, 0.29) is 6.73 Å². The second-order valence-corrected chi connectivity index (χ2v) is 4.65. The molecule has 0 aliphatic carbocycles. The van der Waals surface area contributed by atoms with E-state index in [4.69, 9.17) is 15.1 Å². The van der Waals surface area contributed by atoms with Crippen molar-refractivity contribution in [3.05, 3.63) is 0 Å². The standard InChI is InChI=1S/C11H21N3O5S/c1-8(14-18)12-6-4-3-5-9(10(15)16)13-7-19-11(17)20-2/h9,13,18H,3-7H2,1-2H3,(H,12,14)(H,15,16)/t9-/m0/s1. The summed E-state index contributed by atoms with van der Waals surface area (Å²) in [7, 11) is 0. The number of hydroxylamine groups is 1. The van der Waals surface area contributed by atoms with Gasteiger partial charge in [0.25, 0.3) is 0 Å². The lowest BCUT2D eigenvalue weighted by Gasteiger charge is -2.13. The summed E-state index contributed by atoms with van der Waals surface area (Å²) in [6.45, 7) is 2.01. The SMILES string of the molecule is CSC(=O)OCN[C@@H](CCCCN=C(C)NO)C(=O)O. The molecule has 0 aliphatic rings. The fraction of sp³-hybridized carbons (Fsp3) is 0.727. The van der Waals surface area contributed by atoms with Gasteiger partial charge < -0.3 is 9.84 Å². The van der Waals surface area contributed by atoms with E-state index in [1.54, 1.807) is 13.2 Å². The highest BCUT2D eigenvalue weighted by atomic mass is 32.2. The molecule has 8 nitrogen and oxygen atoms in total. The van der Waals surface area contributed by atoms with Crippen LogP contribution in [0.5, 0.6) is 0 Å². The molecule has 0 saturated heterocycles. The van der Waals surface area contributed by atoms with E-state index in [0.29, 0.717) is 31.6 Å². The van der Waals surface area contributed by atoms with Crippen LogP contribution in [0.25, 0.3) is 0 Å².